The fourth-order valence-corrected chi connectivity index (χ4v) is 3.05. The van der Waals surface area contributed by atoms with Crippen molar-refractivity contribution in [2.75, 3.05) is 18.0 Å². The van der Waals surface area contributed by atoms with Crippen molar-refractivity contribution >= 4 is 16.6 Å². The maximum Gasteiger partial charge on any atom is 0.280 e. The SMILES string of the molecule is Cc1nn(-c2ccc(N3CCCC3)nn2)c(=O)c2ccccc12. The molecule has 116 valence electrons. The van der Waals surface area contributed by atoms with Crippen molar-refractivity contribution in [3.63, 3.8) is 0 Å². The Kier molecular flexibility index (Phi) is 3.29. The number of benzene rings is 1. The highest BCUT2D eigenvalue weighted by atomic mass is 16.1. The van der Waals surface area contributed by atoms with Crippen molar-refractivity contribution in [2.45, 2.75) is 19.8 Å². The first-order valence-electron chi connectivity index (χ1n) is 7.82. The number of fused-ring (bicyclic) bond motifs is 1. The highest BCUT2D eigenvalue weighted by Gasteiger charge is 2.15. The van der Waals surface area contributed by atoms with Gasteiger partial charge in [0, 0.05) is 18.5 Å². The minimum absolute atomic E-state index is 0.172. The molecule has 3 heterocycles. The summed E-state index contributed by atoms with van der Waals surface area (Å²) in [6, 6.07) is 11.2. The van der Waals surface area contributed by atoms with Crippen LogP contribution < -0.4 is 10.5 Å². The van der Waals surface area contributed by atoms with E-state index in [9.17, 15) is 4.79 Å². The average molecular weight is 307 g/mol. The van der Waals surface area contributed by atoms with Gasteiger partial charge in [-0.25, -0.2) is 0 Å². The Morgan fingerprint density at radius 1 is 0.913 bits per heavy atom. The minimum atomic E-state index is -0.172. The van der Waals surface area contributed by atoms with Gasteiger partial charge in [-0.2, -0.15) is 9.78 Å². The summed E-state index contributed by atoms with van der Waals surface area (Å²) in [5.41, 5.74) is 0.625. The van der Waals surface area contributed by atoms with Crippen LogP contribution in [-0.2, 0) is 0 Å². The molecule has 0 aliphatic carbocycles. The molecule has 0 atom stereocenters. The van der Waals surface area contributed by atoms with Gasteiger partial charge in [0.05, 0.1) is 11.1 Å². The summed E-state index contributed by atoms with van der Waals surface area (Å²) in [7, 11) is 0. The van der Waals surface area contributed by atoms with E-state index in [0.29, 0.717) is 11.2 Å². The first kappa shape index (κ1) is 13.9. The van der Waals surface area contributed by atoms with Crippen LogP contribution in [0.1, 0.15) is 18.5 Å². The van der Waals surface area contributed by atoms with E-state index in [2.05, 4.69) is 20.2 Å². The van der Waals surface area contributed by atoms with Crippen LogP contribution in [0, 0.1) is 6.92 Å². The Bertz CT molecular complexity index is 910. The third kappa shape index (κ3) is 2.36. The second-order valence-corrected chi connectivity index (χ2v) is 5.79. The fourth-order valence-electron chi connectivity index (χ4n) is 3.05. The van der Waals surface area contributed by atoms with Gasteiger partial charge in [-0.3, -0.25) is 4.79 Å². The quantitative estimate of drug-likeness (QED) is 0.725. The van der Waals surface area contributed by atoms with Gasteiger partial charge in [0.1, 0.15) is 0 Å². The fraction of sp³-hybridized carbons (Fsp3) is 0.294. The zero-order valence-electron chi connectivity index (χ0n) is 12.9. The van der Waals surface area contributed by atoms with E-state index in [0.717, 1.165) is 30.0 Å². The molecule has 0 saturated carbocycles. The highest BCUT2D eigenvalue weighted by molar-refractivity contribution is 5.83. The molecular formula is C17H17N5O. The molecule has 1 aliphatic rings. The van der Waals surface area contributed by atoms with Crippen molar-refractivity contribution in [1.29, 1.82) is 0 Å². The molecule has 6 heteroatoms. The number of rotatable bonds is 2. The number of hydrogen-bond donors (Lipinski definition) is 0. The Morgan fingerprint density at radius 3 is 2.26 bits per heavy atom. The van der Waals surface area contributed by atoms with E-state index in [1.807, 2.05) is 43.3 Å². The molecule has 1 fully saturated rings. The van der Waals surface area contributed by atoms with E-state index in [-0.39, 0.29) is 5.56 Å². The smallest absolute Gasteiger partial charge is 0.280 e. The largest absolute Gasteiger partial charge is 0.355 e. The summed E-state index contributed by atoms with van der Waals surface area (Å²) in [6.45, 7) is 3.92. The standard InChI is InChI=1S/C17H17N5O/c1-12-13-6-2-3-7-14(13)17(23)22(20-12)16-9-8-15(18-19-16)21-10-4-5-11-21/h2-3,6-9H,4-5,10-11H2,1H3. The molecule has 0 bridgehead atoms. The molecule has 2 aromatic heterocycles. The van der Waals surface area contributed by atoms with Crippen molar-refractivity contribution in [1.82, 2.24) is 20.0 Å². The summed E-state index contributed by atoms with van der Waals surface area (Å²) in [5, 5.41) is 14.4. The van der Waals surface area contributed by atoms with Crippen LogP contribution >= 0.6 is 0 Å². The average Bonchev–Trinajstić information content (AvgIpc) is 3.13. The lowest BCUT2D eigenvalue weighted by Crippen LogP contribution is -2.24. The normalized spacial score (nSPS) is 14.6. The van der Waals surface area contributed by atoms with Crippen LogP contribution in [0.15, 0.2) is 41.2 Å². The maximum atomic E-state index is 12.6. The number of hydrogen-bond acceptors (Lipinski definition) is 5. The van der Waals surface area contributed by atoms with Crippen molar-refractivity contribution in [3.05, 3.63) is 52.4 Å². The first-order valence-corrected chi connectivity index (χ1v) is 7.82. The molecule has 1 aliphatic heterocycles. The Balaban J connectivity index is 1.80. The van der Waals surface area contributed by atoms with Gasteiger partial charge in [-0.15, -0.1) is 10.2 Å². The van der Waals surface area contributed by atoms with Crippen molar-refractivity contribution in [2.24, 2.45) is 0 Å². The molecule has 6 nitrogen and oxygen atoms in total. The van der Waals surface area contributed by atoms with E-state index in [1.54, 1.807) is 0 Å². The molecule has 0 radical (unpaired) electrons. The van der Waals surface area contributed by atoms with Gasteiger partial charge in [0.2, 0.25) is 0 Å². The van der Waals surface area contributed by atoms with Gasteiger partial charge < -0.3 is 4.90 Å². The molecule has 0 amide bonds. The van der Waals surface area contributed by atoms with Gasteiger partial charge >= 0.3 is 0 Å². The predicted molar refractivity (Wildman–Crippen MR) is 89.1 cm³/mol. The molecule has 3 aromatic rings. The molecule has 0 unspecified atom stereocenters. The molecule has 23 heavy (non-hydrogen) atoms. The molecule has 0 N–H and O–H groups in total. The van der Waals surface area contributed by atoms with E-state index in [4.69, 9.17) is 0 Å². The highest BCUT2D eigenvalue weighted by Crippen LogP contribution is 2.18. The van der Waals surface area contributed by atoms with E-state index in [1.165, 1.54) is 17.5 Å². The monoisotopic (exact) mass is 307 g/mol. The lowest BCUT2D eigenvalue weighted by molar-refractivity contribution is 0.752. The van der Waals surface area contributed by atoms with Gasteiger partial charge in [-0.1, -0.05) is 18.2 Å². The zero-order chi connectivity index (χ0) is 15.8. The zero-order valence-corrected chi connectivity index (χ0v) is 12.9. The van der Waals surface area contributed by atoms with Crippen LogP contribution in [0.25, 0.3) is 16.6 Å². The van der Waals surface area contributed by atoms with Gasteiger partial charge in [0.25, 0.3) is 5.56 Å². The van der Waals surface area contributed by atoms with Gasteiger partial charge in [0.15, 0.2) is 11.6 Å². The molecule has 1 saturated heterocycles. The van der Waals surface area contributed by atoms with Crippen LogP contribution in [0.4, 0.5) is 5.82 Å². The summed E-state index contributed by atoms with van der Waals surface area (Å²) >= 11 is 0. The summed E-state index contributed by atoms with van der Waals surface area (Å²) in [5.74, 6) is 1.31. The summed E-state index contributed by atoms with van der Waals surface area (Å²) < 4.78 is 1.33. The number of nitrogens with zero attached hydrogens (tertiary/aromatic N) is 5. The molecule has 4 rings (SSSR count). The van der Waals surface area contributed by atoms with E-state index < -0.39 is 0 Å². The van der Waals surface area contributed by atoms with Crippen molar-refractivity contribution in [3.8, 4) is 5.82 Å². The predicted octanol–water partition coefficient (Wildman–Crippen LogP) is 2.08. The number of anilines is 1. The lowest BCUT2D eigenvalue weighted by atomic mass is 10.1. The summed E-state index contributed by atoms with van der Waals surface area (Å²) in [6.07, 6.45) is 2.38. The number of aromatic nitrogens is 4. The Hall–Kier alpha value is -2.76. The molecular weight excluding hydrogens is 290 g/mol. The minimum Gasteiger partial charge on any atom is -0.355 e. The van der Waals surface area contributed by atoms with E-state index >= 15 is 0 Å². The summed E-state index contributed by atoms with van der Waals surface area (Å²) in [4.78, 5) is 14.9. The lowest BCUT2D eigenvalue weighted by Gasteiger charge is -2.15. The first-order chi connectivity index (χ1) is 11.2. The van der Waals surface area contributed by atoms with Crippen LogP contribution in [-0.4, -0.2) is 33.1 Å². The third-order valence-corrected chi connectivity index (χ3v) is 4.27. The number of aryl methyl sites for hydroxylation is 1. The van der Waals surface area contributed by atoms with Crippen molar-refractivity contribution < 1.29 is 0 Å². The molecule has 0 spiro atoms. The Labute approximate surface area is 133 Å². The van der Waals surface area contributed by atoms with Crippen LogP contribution in [0.3, 0.4) is 0 Å². The second-order valence-electron chi connectivity index (χ2n) is 5.79. The van der Waals surface area contributed by atoms with Crippen LogP contribution in [0.2, 0.25) is 0 Å². The third-order valence-electron chi connectivity index (χ3n) is 4.27. The second kappa shape index (κ2) is 5.46. The topological polar surface area (TPSA) is 63.9 Å². The van der Waals surface area contributed by atoms with Crippen LogP contribution in [0.5, 0.6) is 0 Å². The molecule has 1 aromatic carbocycles. The Morgan fingerprint density at radius 2 is 1.57 bits per heavy atom. The van der Waals surface area contributed by atoms with Gasteiger partial charge in [-0.05, 0) is 38.0 Å². The maximum absolute atomic E-state index is 12.6.